The minimum atomic E-state index is 0.875. The summed E-state index contributed by atoms with van der Waals surface area (Å²) in [6.07, 6.45) is 8.05. The smallest absolute Gasteiger partial charge is 0.175 e. The van der Waals surface area contributed by atoms with Crippen molar-refractivity contribution in [1.29, 1.82) is 0 Å². The minimum absolute atomic E-state index is 0.875. The van der Waals surface area contributed by atoms with Crippen LogP contribution in [0.25, 0.3) is 12.3 Å². The maximum atomic E-state index is 5.17. The van der Waals surface area contributed by atoms with Gasteiger partial charge in [0.15, 0.2) is 18.6 Å². The Balaban J connectivity index is 2.17. The van der Waals surface area contributed by atoms with E-state index in [2.05, 4.69) is 0 Å². The van der Waals surface area contributed by atoms with E-state index >= 15 is 0 Å². The van der Waals surface area contributed by atoms with E-state index in [0.717, 1.165) is 11.3 Å². The van der Waals surface area contributed by atoms with Crippen molar-refractivity contribution in [3.05, 3.63) is 60.4 Å². The van der Waals surface area contributed by atoms with Crippen LogP contribution in [0.3, 0.4) is 0 Å². The lowest BCUT2D eigenvalue weighted by Gasteiger charge is -1.98. The van der Waals surface area contributed by atoms with Crippen molar-refractivity contribution in [2.45, 2.75) is 0 Å². The molecule has 0 saturated heterocycles. The standard InChI is InChI=1S/C14H14NO/c1-16-14-7-5-6-13(12-14)8-11-15-9-3-2-4-10-15/h2-12H,1H3/q+1/b11-8+. The molecule has 0 saturated carbocycles. The van der Waals surface area contributed by atoms with Gasteiger partial charge in [-0.15, -0.1) is 0 Å². The van der Waals surface area contributed by atoms with E-state index in [1.54, 1.807) is 7.11 Å². The first-order chi connectivity index (χ1) is 7.88. The topological polar surface area (TPSA) is 13.1 Å². The van der Waals surface area contributed by atoms with Crippen LogP contribution < -0.4 is 9.30 Å². The summed E-state index contributed by atoms with van der Waals surface area (Å²) in [6, 6.07) is 13.9. The van der Waals surface area contributed by atoms with Gasteiger partial charge in [-0.2, -0.15) is 4.57 Å². The number of ether oxygens (including phenoxy) is 1. The Labute approximate surface area is 95.4 Å². The number of hydrogen-bond acceptors (Lipinski definition) is 1. The fraction of sp³-hybridized carbons (Fsp3) is 0.0714. The van der Waals surface area contributed by atoms with Crippen LogP contribution in [0.2, 0.25) is 0 Å². The highest BCUT2D eigenvalue weighted by Crippen LogP contribution is 2.13. The second kappa shape index (κ2) is 5.12. The number of hydrogen-bond donors (Lipinski definition) is 0. The summed E-state index contributed by atoms with van der Waals surface area (Å²) in [7, 11) is 1.68. The van der Waals surface area contributed by atoms with E-state index in [0.29, 0.717) is 0 Å². The van der Waals surface area contributed by atoms with Crippen LogP contribution in [0, 0.1) is 0 Å². The van der Waals surface area contributed by atoms with E-state index in [1.807, 2.05) is 71.7 Å². The Kier molecular flexibility index (Phi) is 3.34. The van der Waals surface area contributed by atoms with E-state index in [1.165, 1.54) is 0 Å². The Morgan fingerprint density at radius 2 is 1.88 bits per heavy atom. The Hall–Kier alpha value is -2.09. The minimum Gasteiger partial charge on any atom is -0.497 e. The van der Waals surface area contributed by atoms with Crippen LogP contribution in [0.1, 0.15) is 5.56 Å². The molecule has 16 heavy (non-hydrogen) atoms. The van der Waals surface area contributed by atoms with Crippen molar-refractivity contribution in [3.63, 3.8) is 0 Å². The third kappa shape index (κ3) is 2.70. The van der Waals surface area contributed by atoms with Crippen LogP contribution in [-0.2, 0) is 0 Å². The fourth-order valence-electron chi connectivity index (χ4n) is 1.43. The second-order valence-corrected chi connectivity index (χ2v) is 3.42. The Morgan fingerprint density at radius 3 is 2.62 bits per heavy atom. The maximum Gasteiger partial charge on any atom is 0.175 e. The fourth-order valence-corrected chi connectivity index (χ4v) is 1.43. The molecular weight excluding hydrogens is 198 g/mol. The molecule has 0 radical (unpaired) electrons. The maximum absolute atomic E-state index is 5.17. The lowest BCUT2D eigenvalue weighted by molar-refractivity contribution is -0.567. The zero-order valence-corrected chi connectivity index (χ0v) is 9.21. The van der Waals surface area contributed by atoms with Crippen LogP contribution in [0.5, 0.6) is 5.75 Å². The summed E-state index contributed by atoms with van der Waals surface area (Å²) in [5.74, 6) is 0.875. The Morgan fingerprint density at radius 1 is 1.06 bits per heavy atom. The van der Waals surface area contributed by atoms with Crippen LogP contribution >= 0.6 is 0 Å². The zero-order chi connectivity index (χ0) is 11.2. The van der Waals surface area contributed by atoms with E-state index in [9.17, 15) is 0 Å². The van der Waals surface area contributed by atoms with Gasteiger partial charge in [-0.05, 0) is 17.7 Å². The van der Waals surface area contributed by atoms with Crippen LogP contribution in [0.4, 0.5) is 0 Å². The van der Waals surface area contributed by atoms with Gasteiger partial charge >= 0.3 is 0 Å². The van der Waals surface area contributed by atoms with Gasteiger partial charge in [0.25, 0.3) is 0 Å². The van der Waals surface area contributed by atoms with Gasteiger partial charge in [0.1, 0.15) is 5.75 Å². The molecule has 2 aromatic rings. The molecule has 0 unspecified atom stereocenters. The molecule has 1 aromatic heterocycles. The number of pyridine rings is 1. The summed E-state index contributed by atoms with van der Waals surface area (Å²) in [4.78, 5) is 0. The van der Waals surface area contributed by atoms with Crippen molar-refractivity contribution in [2.24, 2.45) is 0 Å². The average molecular weight is 212 g/mol. The highest BCUT2D eigenvalue weighted by atomic mass is 16.5. The number of nitrogens with zero attached hydrogens (tertiary/aromatic N) is 1. The number of benzene rings is 1. The SMILES string of the molecule is COc1cccc(/C=C/[n+]2ccccc2)c1. The molecular formula is C14H14NO+. The largest absolute Gasteiger partial charge is 0.497 e. The van der Waals surface area contributed by atoms with E-state index in [4.69, 9.17) is 4.74 Å². The summed E-state index contributed by atoms with van der Waals surface area (Å²) in [6.45, 7) is 0. The van der Waals surface area contributed by atoms with Crippen LogP contribution in [0.15, 0.2) is 54.9 Å². The van der Waals surface area contributed by atoms with Gasteiger partial charge in [-0.1, -0.05) is 18.2 Å². The first-order valence-corrected chi connectivity index (χ1v) is 5.16. The highest BCUT2D eigenvalue weighted by Gasteiger charge is 1.94. The molecule has 0 bridgehead atoms. The normalized spacial score (nSPS) is 10.6. The van der Waals surface area contributed by atoms with Gasteiger partial charge in [0.2, 0.25) is 0 Å². The number of methoxy groups -OCH3 is 1. The third-order valence-electron chi connectivity index (χ3n) is 2.27. The Bertz CT molecular complexity index is 477. The second-order valence-electron chi connectivity index (χ2n) is 3.42. The van der Waals surface area contributed by atoms with Gasteiger partial charge in [-0.25, -0.2) is 0 Å². The molecule has 0 amide bonds. The quantitative estimate of drug-likeness (QED) is 0.713. The zero-order valence-electron chi connectivity index (χ0n) is 9.21. The molecule has 1 aromatic carbocycles. The lowest BCUT2D eigenvalue weighted by Crippen LogP contribution is -2.23. The monoisotopic (exact) mass is 212 g/mol. The third-order valence-corrected chi connectivity index (χ3v) is 2.27. The van der Waals surface area contributed by atoms with E-state index in [-0.39, 0.29) is 0 Å². The van der Waals surface area contributed by atoms with Gasteiger partial charge in [0, 0.05) is 18.2 Å². The number of aromatic nitrogens is 1. The molecule has 0 atom stereocenters. The first-order valence-electron chi connectivity index (χ1n) is 5.16. The molecule has 2 nitrogen and oxygen atoms in total. The summed E-state index contributed by atoms with van der Waals surface area (Å²) < 4.78 is 7.17. The average Bonchev–Trinajstić information content (AvgIpc) is 2.38. The molecule has 0 aliphatic rings. The first kappa shape index (κ1) is 10.4. The van der Waals surface area contributed by atoms with Gasteiger partial charge in [0.05, 0.1) is 7.11 Å². The molecule has 80 valence electrons. The molecule has 2 rings (SSSR count). The molecule has 0 N–H and O–H groups in total. The van der Waals surface area contributed by atoms with Crippen molar-refractivity contribution in [1.82, 2.24) is 0 Å². The van der Waals surface area contributed by atoms with Crippen molar-refractivity contribution < 1.29 is 9.30 Å². The van der Waals surface area contributed by atoms with Crippen molar-refractivity contribution >= 4 is 12.3 Å². The molecule has 1 heterocycles. The van der Waals surface area contributed by atoms with Gasteiger partial charge in [-0.3, -0.25) is 0 Å². The summed E-state index contributed by atoms with van der Waals surface area (Å²) in [5.41, 5.74) is 1.12. The van der Waals surface area contributed by atoms with Crippen LogP contribution in [-0.4, -0.2) is 7.11 Å². The molecule has 0 spiro atoms. The van der Waals surface area contributed by atoms with Crippen molar-refractivity contribution in [2.75, 3.05) is 7.11 Å². The summed E-state index contributed by atoms with van der Waals surface area (Å²) >= 11 is 0. The molecule has 0 aliphatic carbocycles. The van der Waals surface area contributed by atoms with E-state index < -0.39 is 0 Å². The van der Waals surface area contributed by atoms with Gasteiger partial charge < -0.3 is 4.74 Å². The molecule has 0 aliphatic heterocycles. The number of rotatable bonds is 3. The van der Waals surface area contributed by atoms with Crippen molar-refractivity contribution in [3.8, 4) is 5.75 Å². The lowest BCUT2D eigenvalue weighted by atomic mass is 10.2. The predicted molar refractivity (Wildman–Crippen MR) is 64.9 cm³/mol. The molecule has 0 fully saturated rings. The predicted octanol–water partition coefficient (Wildman–Crippen LogP) is 2.61. The molecule has 2 heteroatoms. The summed E-state index contributed by atoms with van der Waals surface area (Å²) in [5, 5.41) is 0. The highest BCUT2D eigenvalue weighted by molar-refractivity contribution is 5.58.